The number of hydrogen-bond donors (Lipinski definition) is 3. The zero-order chi connectivity index (χ0) is 20.7. The first-order valence-electron chi connectivity index (χ1n) is 11.0. The second-order valence-electron chi connectivity index (χ2n) is 8.10. The van der Waals surface area contributed by atoms with Crippen LogP contribution in [0.4, 0.5) is 0 Å². The molecule has 0 aromatic heterocycles. The lowest BCUT2D eigenvalue weighted by Gasteiger charge is -2.25. The average molecular weight is 397 g/mol. The van der Waals surface area contributed by atoms with Gasteiger partial charge in [0.05, 0.1) is 0 Å². The lowest BCUT2D eigenvalue weighted by Crippen LogP contribution is -2.40. The third-order valence-corrected chi connectivity index (χ3v) is 5.51. The lowest BCUT2D eigenvalue weighted by atomic mass is 10.1. The van der Waals surface area contributed by atoms with Gasteiger partial charge in [0.1, 0.15) is 0 Å². The van der Waals surface area contributed by atoms with Gasteiger partial charge in [-0.15, -0.1) is 0 Å². The molecule has 0 aliphatic carbocycles. The van der Waals surface area contributed by atoms with Crippen molar-refractivity contribution in [3.8, 4) is 0 Å². The Labute approximate surface area is 178 Å². The summed E-state index contributed by atoms with van der Waals surface area (Å²) in [7, 11) is 6.40. The Kier molecular flexibility index (Phi) is 11.6. The molecule has 3 N–H and O–H groups in total. The zero-order valence-electron chi connectivity index (χ0n) is 18.5. The van der Waals surface area contributed by atoms with Crippen molar-refractivity contribution in [2.75, 3.05) is 47.3 Å². The highest BCUT2D eigenvalue weighted by Crippen LogP contribution is 2.06. The molecule has 0 aliphatic heterocycles. The van der Waals surface area contributed by atoms with Crippen molar-refractivity contribution in [3.05, 3.63) is 71.8 Å². The number of unbranched alkanes of at least 4 members (excludes halogenated alkanes) is 1. The van der Waals surface area contributed by atoms with E-state index in [-0.39, 0.29) is 0 Å². The van der Waals surface area contributed by atoms with E-state index in [1.165, 1.54) is 24.0 Å². The Morgan fingerprint density at radius 3 is 1.76 bits per heavy atom. The van der Waals surface area contributed by atoms with Crippen LogP contribution in [0.2, 0.25) is 0 Å². The summed E-state index contributed by atoms with van der Waals surface area (Å²) in [6.07, 6.45) is 4.58. The number of benzene rings is 2. The van der Waals surface area contributed by atoms with Crippen LogP contribution >= 0.6 is 0 Å². The van der Waals surface area contributed by atoms with E-state index >= 15 is 0 Å². The molecule has 0 heterocycles. The second kappa shape index (κ2) is 14.3. The molecule has 0 amide bonds. The quantitative estimate of drug-likeness (QED) is 0.405. The van der Waals surface area contributed by atoms with Crippen LogP contribution in [0.5, 0.6) is 0 Å². The summed E-state index contributed by atoms with van der Waals surface area (Å²) in [4.78, 5) is 2.33. The maximum Gasteiger partial charge on any atom is 0.0254 e. The van der Waals surface area contributed by atoms with E-state index in [1.54, 1.807) is 0 Å². The molecule has 0 bridgehead atoms. The number of nitrogens with one attached hydrogen (secondary N) is 3. The summed E-state index contributed by atoms with van der Waals surface area (Å²) in [6.45, 7) is 4.21. The van der Waals surface area contributed by atoms with Crippen LogP contribution in [0, 0.1) is 0 Å². The molecule has 2 aromatic rings. The fourth-order valence-electron chi connectivity index (χ4n) is 3.54. The van der Waals surface area contributed by atoms with Crippen molar-refractivity contribution in [1.82, 2.24) is 20.9 Å². The Bertz CT molecular complexity index is 630. The molecular formula is C25H40N4. The minimum absolute atomic E-state index is 0.481. The Balaban J connectivity index is 1.53. The van der Waals surface area contributed by atoms with Gasteiger partial charge in [-0.2, -0.15) is 0 Å². The van der Waals surface area contributed by atoms with Crippen LogP contribution < -0.4 is 16.0 Å². The number of nitrogens with zero attached hydrogens (tertiary/aromatic N) is 1. The van der Waals surface area contributed by atoms with Gasteiger partial charge < -0.3 is 20.9 Å². The van der Waals surface area contributed by atoms with E-state index in [1.807, 2.05) is 0 Å². The van der Waals surface area contributed by atoms with Crippen LogP contribution in [-0.4, -0.2) is 64.3 Å². The fourth-order valence-corrected chi connectivity index (χ4v) is 3.54. The Morgan fingerprint density at radius 1 is 0.724 bits per heavy atom. The van der Waals surface area contributed by atoms with E-state index in [9.17, 15) is 0 Å². The van der Waals surface area contributed by atoms with E-state index in [0.29, 0.717) is 12.1 Å². The van der Waals surface area contributed by atoms with Crippen molar-refractivity contribution in [3.63, 3.8) is 0 Å². The summed E-state index contributed by atoms with van der Waals surface area (Å²) in [6, 6.07) is 22.5. The van der Waals surface area contributed by atoms with Gasteiger partial charge in [0, 0.05) is 25.2 Å². The number of likely N-dealkylation sites (N-methyl/N-ethyl adjacent to an activating group) is 2. The van der Waals surface area contributed by atoms with Gasteiger partial charge in [-0.3, -0.25) is 0 Å². The molecule has 2 aromatic carbocycles. The third kappa shape index (κ3) is 10.0. The predicted molar refractivity (Wildman–Crippen MR) is 126 cm³/mol. The van der Waals surface area contributed by atoms with Gasteiger partial charge >= 0.3 is 0 Å². The molecule has 4 heteroatoms. The average Bonchev–Trinajstić information content (AvgIpc) is 2.75. The van der Waals surface area contributed by atoms with Crippen molar-refractivity contribution in [1.29, 1.82) is 0 Å². The molecule has 2 unspecified atom stereocenters. The smallest absolute Gasteiger partial charge is 0.0254 e. The van der Waals surface area contributed by atoms with Crippen molar-refractivity contribution >= 4 is 0 Å². The van der Waals surface area contributed by atoms with Crippen LogP contribution in [0.15, 0.2) is 60.7 Å². The van der Waals surface area contributed by atoms with Crippen LogP contribution in [0.25, 0.3) is 0 Å². The topological polar surface area (TPSA) is 39.3 Å². The molecular weight excluding hydrogens is 356 g/mol. The van der Waals surface area contributed by atoms with E-state index < -0.39 is 0 Å². The molecule has 29 heavy (non-hydrogen) atoms. The Hall–Kier alpha value is -1.72. The van der Waals surface area contributed by atoms with E-state index in [0.717, 1.165) is 39.0 Å². The standard InChI is InChI=1S/C25H40N4/c1-26-24(18-22-12-6-4-7-13-22)20-27-16-10-11-17-28-21-25(29(2)3)19-23-14-8-5-9-15-23/h4-9,12-15,24-28H,10-11,16-21H2,1-3H3. The monoisotopic (exact) mass is 396 g/mol. The van der Waals surface area contributed by atoms with Gasteiger partial charge in [0.25, 0.3) is 0 Å². The molecule has 2 rings (SSSR count). The minimum atomic E-state index is 0.481. The maximum absolute atomic E-state index is 3.65. The largest absolute Gasteiger partial charge is 0.315 e. The highest BCUT2D eigenvalue weighted by atomic mass is 15.1. The first-order valence-corrected chi connectivity index (χ1v) is 11.0. The molecule has 0 radical (unpaired) electrons. The molecule has 2 atom stereocenters. The fraction of sp³-hybridized carbons (Fsp3) is 0.520. The molecule has 0 saturated carbocycles. The molecule has 0 fully saturated rings. The zero-order valence-corrected chi connectivity index (χ0v) is 18.5. The van der Waals surface area contributed by atoms with Gasteiger partial charge in [-0.05, 0) is 71.0 Å². The number of rotatable bonds is 15. The predicted octanol–water partition coefficient (Wildman–Crippen LogP) is 2.95. The minimum Gasteiger partial charge on any atom is -0.315 e. The Morgan fingerprint density at radius 2 is 1.24 bits per heavy atom. The van der Waals surface area contributed by atoms with Crippen molar-refractivity contribution in [2.45, 2.75) is 37.8 Å². The summed E-state index contributed by atoms with van der Waals surface area (Å²) in [5, 5.41) is 10.7. The normalized spacial score (nSPS) is 13.5. The maximum atomic E-state index is 3.65. The molecule has 4 nitrogen and oxygen atoms in total. The molecule has 0 spiro atoms. The summed E-state index contributed by atoms with van der Waals surface area (Å²) >= 11 is 0. The third-order valence-electron chi connectivity index (χ3n) is 5.51. The lowest BCUT2D eigenvalue weighted by molar-refractivity contribution is 0.281. The van der Waals surface area contributed by atoms with Crippen LogP contribution in [-0.2, 0) is 12.8 Å². The highest BCUT2D eigenvalue weighted by Gasteiger charge is 2.11. The summed E-state index contributed by atoms with van der Waals surface area (Å²) < 4.78 is 0. The van der Waals surface area contributed by atoms with E-state index in [2.05, 4.69) is 103 Å². The van der Waals surface area contributed by atoms with Gasteiger partial charge in [0.2, 0.25) is 0 Å². The first-order chi connectivity index (χ1) is 14.2. The van der Waals surface area contributed by atoms with Gasteiger partial charge in [-0.1, -0.05) is 60.7 Å². The summed E-state index contributed by atoms with van der Waals surface area (Å²) in [5.74, 6) is 0. The second-order valence-corrected chi connectivity index (χ2v) is 8.10. The van der Waals surface area contributed by atoms with Gasteiger partial charge in [-0.25, -0.2) is 0 Å². The van der Waals surface area contributed by atoms with Gasteiger partial charge in [0.15, 0.2) is 0 Å². The van der Waals surface area contributed by atoms with Crippen LogP contribution in [0.3, 0.4) is 0 Å². The summed E-state index contributed by atoms with van der Waals surface area (Å²) in [5.41, 5.74) is 2.80. The number of hydrogen-bond acceptors (Lipinski definition) is 4. The SMILES string of the molecule is CNC(CNCCCCNCC(Cc1ccccc1)N(C)C)Cc1ccccc1. The first kappa shape index (κ1) is 23.6. The van der Waals surface area contributed by atoms with Crippen molar-refractivity contribution < 1.29 is 0 Å². The van der Waals surface area contributed by atoms with Crippen molar-refractivity contribution in [2.24, 2.45) is 0 Å². The van der Waals surface area contributed by atoms with Crippen LogP contribution in [0.1, 0.15) is 24.0 Å². The molecule has 0 saturated heterocycles. The molecule has 0 aliphatic rings. The van der Waals surface area contributed by atoms with E-state index in [4.69, 9.17) is 0 Å². The molecule has 160 valence electrons. The highest BCUT2D eigenvalue weighted by molar-refractivity contribution is 5.16.